The molecule has 1 aromatic heterocycles. The second kappa shape index (κ2) is 5.61. The summed E-state index contributed by atoms with van der Waals surface area (Å²) in [6, 6.07) is 5.96. The lowest BCUT2D eigenvalue weighted by molar-refractivity contribution is 0.0629. The first-order chi connectivity index (χ1) is 9.95. The van der Waals surface area contributed by atoms with Crippen LogP contribution in [0.5, 0.6) is 0 Å². The van der Waals surface area contributed by atoms with Gasteiger partial charge in [0, 0.05) is 27.6 Å². The Morgan fingerprint density at radius 3 is 2.67 bits per heavy atom. The molecule has 21 heavy (non-hydrogen) atoms. The molecule has 2 heterocycles. The van der Waals surface area contributed by atoms with Crippen molar-refractivity contribution in [3.05, 3.63) is 27.5 Å². The van der Waals surface area contributed by atoms with Gasteiger partial charge >= 0.3 is 0 Å². The van der Waals surface area contributed by atoms with Gasteiger partial charge in [-0.3, -0.25) is 4.79 Å². The summed E-state index contributed by atoms with van der Waals surface area (Å²) >= 11 is 4.96. The number of benzene rings is 1. The maximum absolute atomic E-state index is 12.8. The molecular weight excluding hydrogens is 348 g/mol. The highest BCUT2D eigenvalue weighted by molar-refractivity contribution is 9.10. The molecule has 0 bridgehead atoms. The van der Waals surface area contributed by atoms with Gasteiger partial charge in [0.25, 0.3) is 5.91 Å². The van der Waals surface area contributed by atoms with Crippen LogP contribution >= 0.6 is 27.3 Å². The van der Waals surface area contributed by atoms with E-state index >= 15 is 0 Å². The normalized spacial score (nSPS) is 22.7. The van der Waals surface area contributed by atoms with Gasteiger partial charge in [0.2, 0.25) is 0 Å². The van der Waals surface area contributed by atoms with Crippen LogP contribution < -0.4 is 5.73 Å². The zero-order valence-electron chi connectivity index (χ0n) is 12.2. The van der Waals surface area contributed by atoms with Crippen LogP contribution in [0.25, 0.3) is 10.1 Å². The molecule has 1 aliphatic heterocycles. The van der Waals surface area contributed by atoms with Crippen molar-refractivity contribution in [1.82, 2.24) is 4.90 Å². The third-order valence-electron chi connectivity index (χ3n) is 4.04. The van der Waals surface area contributed by atoms with Crippen molar-refractivity contribution in [2.24, 2.45) is 11.8 Å². The Labute approximate surface area is 137 Å². The summed E-state index contributed by atoms with van der Waals surface area (Å²) in [5.41, 5.74) is 6.84. The molecule has 1 aliphatic rings. The fraction of sp³-hybridized carbons (Fsp3) is 0.438. The van der Waals surface area contributed by atoms with Crippen molar-refractivity contribution < 1.29 is 4.79 Å². The van der Waals surface area contributed by atoms with Crippen LogP contribution in [-0.4, -0.2) is 23.9 Å². The lowest BCUT2D eigenvalue weighted by Crippen LogP contribution is -2.42. The molecular formula is C16H19BrN2OS. The van der Waals surface area contributed by atoms with E-state index in [-0.39, 0.29) is 5.91 Å². The average molecular weight is 367 g/mol. The number of amides is 1. The first-order valence-corrected chi connectivity index (χ1v) is 8.83. The number of nitrogens with two attached hydrogens (primary N) is 1. The number of fused-ring (bicyclic) bond motifs is 1. The molecule has 2 N–H and O–H groups in total. The number of hydrogen-bond acceptors (Lipinski definition) is 3. The van der Waals surface area contributed by atoms with Gasteiger partial charge in [-0.15, -0.1) is 11.3 Å². The Morgan fingerprint density at radius 2 is 2.00 bits per heavy atom. The van der Waals surface area contributed by atoms with E-state index in [9.17, 15) is 4.79 Å². The zero-order valence-corrected chi connectivity index (χ0v) is 14.6. The number of rotatable bonds is 1. The molecule has 3 nitrogen and oxygen atoms in total. The Kier molecular flexibility index (Phi) is 3.97. The van der Waals surface area contributed by atoms with E-state index < -0.39 is 0 Å². The van der Waals surface area contributed by atoms with Gasteiger partial charge in [-0.05, 0) is 30.4 Å². The van der Waals surface area contributed by atoms with Crippen LogP contribution in [0.3, 0.4) is 0 Å². The lowest BCUT2D eigenvalue weighted by atomic mass is 9.92. The molecule has 2 aromatic rings. The quantitative estimate of drug-likeness (QED) is 0.814. The molecule has 5 heteroatoms. The van der Waals surface area contributed by atoms with Gasteiger partial charge in [-0.1, -0.05) is 35.8 Å². The number of halogens is 1. The molecule has 0 spiro atoms. The number of nitrogens with zero attached hydrogens (tertiary/aromatic N) is 1. The number of carbonyl (C=O) groups excluding carboxylic acids is 1. The van der Waals surface area contributed by atoms with Gasteiger partial charge in [0.1, 0.15) is 4.88 Å². The van der Waals surface area contributed by atoms with Crippen molar-refractivity contribution >= 4 is 48.9 Å². The molecule has 0 radical (unpaired) electrons. The third kappa shape index (κ3) is 2.81. The van der Waals surface area contributed by atoms with Crippen LogP contribution in [0.4, 0.5) is 5.69 Å². The number of carbonyl (C=O) groups is 1. The monoisotopic (exact) mass is 366 g/mol. The zero-order chi connectivity index (χ0) is 15.1. The van der Waals surface area contributed by atoms with Crippen molar-refractivity contribution in [3.8, 4) is 0 Å². The fourth-order valence-electron chi connectivity index (χ4n) is 3.22. The summed E-state index contributed by atoms with van der Waals surface area (Å²) < 4.78 is 2.07. The van der Waals surface area contributed by atoms with Crippen LogP contribution in [0.2, 0.25) is 0 Å². The highest BCUT2D eigenvalue weighted by Crippen LogP contribution is 2.36. The summed E-state index contributed by atoms with van der Waals surface area (Å²) in [7, 11) is 0. The maximum Gasteiger partial charge on any atom is 0.266 e. The molecule has 112 valence electrons. The molecule has 2 atom stereocenters. The first-order valence-electron chi connectivity index (χ1n) is 7.22. The maximum atomic E-state index is 12.8. The van der Waals surface area contributed by atoms with Gasteiger partial charge in [-0.2, -0.15) is 0 Å². The molecule has 1 aromatic carbocycles. The van der Waals surface area contributed by atoms with Gasteiger partial charge in [0.05, 0.1) is 5.69 Å². The minimum atomic E-state index is 0.0863. The van der Waals surface area contributed by atoms with Crippen LogP contribution in [0.1, 0.15) is 29.9 Å². The number of likely N-dealkylation sites (tertiary alicyclic amines) is 1. The van der Waals surface area contributed by atoms with Crippen LogP contribution in [0.15, 0.2) is 22.7 Å². The predicted molar refractivity (Wildman–Crippen MR) is 92.8 cm³/mol. The van der Waals surface area contributed by atoms with E-state index in [1.165, 1.54) is 17.8 Å². The smallest absolute Gasteiger partial charge is 0.266 e. The molecule has 0 aliphatic carbocycles. The first kappa shape index (κ1) is 14.9. The molecule has 0 saturated carbocycles. The van der Waals surface area contributed by atoms with E-state index in [0.29, 0.717) is 22.4 Å². The summed E-state index contributed by atoms with van der Waals surface area (Å²) in [6.07, 6.45) is 1.19. The fourth-order valence-corrected chi connectivity index (χ4v) is 4.86. The van der Waals surface area contributed by atoms with E-state index in [2.05, 4.69) is 29.8 Å². The minimum Gasteiger partial charge on any atom is -0.397 e. The Balaban J connectivity index is 1.96. The van der Waals surface area contributed by atoms with E-state index in [1.54, 1.807) is 0 Å². The minimum absolute atomic E-state index is 0.0863. The molecule has 3 rings (SSSR count). The van der Waals surface area contributed by atoms with Gasteiger partial charge in [0.15, 0.2) is 0 Å². The second-order valence-corrected chi connectivity index (χ2v) is 8.11. The van der Waals surface area contributed by atoms with E-state index in [1.807, 2.05) is 23.1 Å². The topological polar surface area (TPSA) is 46.3 Å². The Morgan fingerprint density at radius 1 is 1.33 bits per heavy atom. The Hall–Kier alpha value is -1.07. The number of piperidine rings is 1. The molecule has 1 amide bonds. The van der Waals surface area contributed by atoms with Crippen molar-refractivity contribution in [2.75, 3.05) is 18.8 Å². The van der Waals surface area contributed by atoms with Crippen molar-refractivity contribution in [2.45, 2.75) is 20.3 Å². The second-order valence-electron chi connectivity index (χ2n) is 6.14. The average Bonchev–Trinajstić information content (AvgIpc) is 2.73. The molecule has 1 fully saturated rings. The third-order valence-corrected chi connectivity index (χ3v) is 5.69. The molecule has 1 saturated heterocycles. The van der Waals surface area contributed by atoms with E-state index in [4.69, 9.17) is 5.73 Å². The standard InChI is InChI=1S/C16H19BrN2OS/c1-9-5-10(2)8-19(7-9)16(20)15-14(18)12-4-3-11(17)6-13(12)21-15/h3-4,6,9-10H,5,7-8,18H2,1-2H3. The van der Waals surface area contributed by atoms with E-state index in [0.717, 1.165) is 27.6 Å². The van der Waals surface area contributed by atoms with Gasteiger partial charge < -0.3 is 10.6 Å². The lowest BCUT2D eigenvalue weighted by Gasteiger charge is -2.34. The predicted octanol–water partition coefficient (Wildman–Crippen LogP) is 4.36. The summed E-state index contributed by atoms with van der Waals surface area (Å²) in [5.74, 6) is 1.20. The van der Waals surface area contributed by atoms with Crippen molar-refractivity contribution in [3.63, 3.8) is 0 Å². The Bertz CT molecular complexity index is 687. The highest BCUT2D eigenvalue weighted by Gasteiger charge is 2.28. The van der Waals surface area contributed by atoms with Gasteiger partial charge in [-0.25, -0.2) is 0 Å². The summed E-state index contributed by atoms with van der Waals surface area (Å²) in [6.45, 7) is 6.09. The summed E-state index contributed by atoms with van der Waals surface area (Å²) in [5, 5.41) is 0.977. The molecule has 2 unspecified atom stereocenters. The summed E-state index contributed by atoms with van der Waals surface area (Å²) in [4.78, 5) is 15.5. The van der Waals surface area contributed by atoms with Crippen LogP contribution in [0, 0.1) is 11.8 Å². The largest absolute Gasteiger partial charge is 0.397 e. The SMILES string of the molecule is CC1CC(C)CN(C(=O)c2sc3cc(Br)ccc3c2N)C1. The number of nitrogen functional groups attached to an aromatic ring is 1. The number of thiophene rings is 1. The number of anilines is 1. The highest BCUT2D eigenvalue weighted by atomic mass is 79.9. The van der Waals surface area contributed by atoms with Crippen molar-refractivity contribution in [1.29, 1.82) is 0 Å². The number of hydrogen-bond donors (Lipinski definition) is 1. The van der Waals surface area contributed by atoms with Crippen LogP contribution in [-0.2, 0) is 0 Å².